The van der Waals surface area contributed by atoms with Gasteiger partial charge in [-0.05, 0) is 38.5 Å². The van der Waals surface area contributed by atoms with Crippen LogP contribution in [-0.4, -0.2) is 43.9 Å². The Labute approximate surface area is 145 Å². The molecule has 0 fully saturated rings. The molecule has 0 aliphatic carbocycles. The van der Waals surface area contributed by atoms with E-state index in [-0.39, 0.29) is 32.8 Å². The maximum Gasteiger partial charge on any atom is 0.328 e. The van der Waals surface area contributed by atoms with Gasteiger partial charge in [-0.25, -0.2) is 4.79 Å². The van der Waals surface area contributed by atoms with E-state index in [9.17, 15) is 14.4 Å². The van der Waals surface area contributed by atoms with Gasteiger partial charge in [0.25, 0.3) is 5.91 Å². The summed E-state index contributed by atoms with van der Waals surface area (Å²) in [6.45, 7) is 3.90. The molecule has 0 unspecified atom stereocenters. The summed E-state index contributed by atoms with van der Waals surface area (Å²) in [6.07, 6.45) is 0.0900. The van der Waals surface area contributed by atoms with E-state index in [1.165, 1.54) is 6.07 Å². The van der Waals surface area contributed by atoms with Crippen LogP contribution in [0.5, 0.6) is 11.5 Å². The van der Waals surface area contributed by atoms with Crippen LogP contribution < -0.4 is 14.8 Å². The lowest BCUT2D eigenvalue weighted by Crippen LogP contribution is -2.42. The molecule has 1 atom stereocenters. The van der Waals surface area contributed by atoms with Crippen LogP contribution in [0.2, 0.25) is 0 Å². The molecular formula is C17H21NO7. The van der Waals surface area contributed by atoms with Crippen LogP contribution in [0.25, 0.3) is 0 Å². The number of carbonyl (C=O) groups excluding carboxylic acids is 3. The molecule has 1 aliphatic rings. The molecule has 0 saturated heterocycles. The summed E-state index contributed by atoms with van der Waals surface area (Å²) in [6, 6.07) is 3.78. The Hall–Kier alpha value is -2.77. The van der Waals surface area contributed by atoms with Crippen LogP contribution in [0.15, 0.2) is 18.2 Å². The summed E-state index contributed by atoms with van der Waals surface area (Å²) >= 11 is 0. The lowest BCUT2D eigenvalue weighted by atomic mass is 10.1. The van der Waals surface area contributed by atoms with Gasteiger partial charge in [0.15, 0.2) is 11.5 Å². The quantitative estimate of drug-likeness (QED) is 0.707. The van der Waals surface area contributed by atoms with Crippen molar-refractivity contribution in [2.45, 2.75) is 32.7 Å². The Balaban J connectivity index is 2.02. The molecule has 1 aromatic rings. The fourth-order valence-electron chi connectivity index (χ4n) is 2.27. The minimum absolute atomic E-state index is 0.00125. The van der Waals surface area contributed by atoms with Crippen molar-refractivity contribution in [3.05, 3.63) is 23.8 Å². The SMILES string of the molecule is CCOC(=O)CC[C@H](NC(=O)c1ccc2c(c1)OCO2)C(=O)OCC. The van der Waals surface area contributed by atoms with E-state index in [1.807, 2.05) is 0 Å². The fraction of sp³-hybridized carbons (Fsp3) is 0.471. The predicted octanol–water partition coefficient (Wildman–Crippen LogP) is 1.42. The summed E-state index contributed by atoms with van der Waals surface area (Å²) in [5.41, 5.74) is 0.315. The van der Waals surface area contributed by atoms with Gasteiger partial charge in [0.1, 0.15) is 6.04 Å². The highest BCUT2D eigenvalue weighted by atomic mass is 16.7. The number of esters is 2. The Morgan fingerprint density at radius 3 is 2.56 bits per heavy atom. The summed E-state index contributed by atoms with van der Waals surface area (Å²) in [5.74, 6) is -0.483. The van der Waals surface area contributed by atoms with Gasteiger partial charge < -0.3 is 24.3 Å². The largest absolute Gasteiger partial charge is 0.466 e. The van der Waals surface area contributed by atoms with Crippen molar-refractivity contribution in [1.29, 1.82) is 0 Å². The fourth-order valence-corrected chi connectivity index (χ4v) is 2.27. The first kappa shape index (κ1) is 18.6. The molecule has 2 rings (SSSR count). The maximum absolute atomic E-state index is 12.4. The lowest BCUT2D eigenvalue weighted by Gasteiger charge is -2.17. The van der Waals surface area contributed by atoms with Crippen molar-refractivity contribution in [2.24, 2.45) is 0 Å². The van der Waals surface area contributed by atoms with Gasteiger partial charge in [-0.2, -0.15) is 0 Å². The molecule has 1 aromatic carbocycles. The monoisotopic (exact) mass is 351 g/mol. The molecule has 0 bridgehead atoms. The second-order valence-electron chi connectivity index (χ2n) is 5.19. The normalized spacial score (nSPS) is 13.0. The highest BCUT2D eigenvalue weighted by Gasteiger charge is 2.25. The second kappa shape index (κ2) is 8.91. The zero-order valence-corrected chi connectivity index (χ0v) is 14.2. The first-order valence-electron chi connectivity index (χ1n) is 8.07. The Morgan fingerprint density at radius 1 is 1.12 bits per heavy atom. The van der Waals surface area contributed by atoms with Crippen molar-refractivity contribution in [3.63, 3.8) is 0 Å². The standard InChI is InChI=1S/C17H21NO7/c1-3-22-15(19)8-6-12(17(21)23-4-2)18-16(20)11-5-7-13-14(9-11)25-10-24-13/h5,7,9,12H,3-4,6,8,10H2,1-2H3,(H,18,20)/t12-/m0/s1. The zero-order chi connectivity index (χ0) is 18.2. The number of rotatable bonds is 8. The van der Waals surface area contributed by atoms with Gasteiger partial charge in [-0.1, -0.05) is 0 Å². The first-order valence-corrected chi connectivity index (χ1v) is 8.07. The zero-order valence-electron chi connectivity index (χ0n) is 14.2. The molecule has 1 heterocycles. The minimum atomic E-state index is -0.942. The van der Waals surface area contributed by atoms with E-state index in [1.54, 1.807) is 26.0 Å². The number of ether oxygens (including phenoxy) is 4. The molecule has 136 valence electrons. The van der Waals surface area contributed by atoms with Gasteiger partial charge in [-0.15, -0.1) is 0 Å². The smallest absolute Gasteiger partial charge is 0.328 e. The molecule has 1 aliphatic heterocycles. The molecule has 0 aromatic heterocycles. The van der Waals surface area contributed by atoms with Crippen LogP contribution in [-0.2, 0) is 19.1 Å². The van der Waals surface area contributed by atoms with Crippen molar-refractivity contribution in [3.8, 4) is 11.5 Å². The molecule has 0 radical (unpaired) electrons. The average molecular weight is 351 g/mol. The van der Waals surface area contributed by atoms with Gasteiger partial charge >= 0.3 is 11.9 Å². The Morgan fingerprint density at radius 2 is 1.84 bits per heavy atom. The van der Waals surface area contributed by atoms with Crippen LogP contribution in [0.3, 0.4) is 0 Å². The number of benzene rings is 1. The van der Waals surface area contributed by atoms with E-state index in [0.717, 1.165) is 0 Å². The minimum Gasteiger partial charge on any atom is -0.466 e. The highest BCUT2D eigenvalue weighted by Crippen LogP contribution is 2.32. The van der Waals surface area contributed by atoms with Crippen LogP contribution in [0.4, 0.5) is 0 Å². The van der Waals surface area contributed by atoms with E-state index in [4.69, 9.17) is 18.9 Å². The highest BCUT2D eigenvalue weighted by molar-refractivity contribution is 5.97. The Kier molecular flexibility index (Phi) is 6.62. The van der Waals surface area contributed by atoms with Crippen molar-refractivity contribution in [1.82, 2.24) is 5.32 Å². The summed E-state index contributed by atoms with van der Waals surface area (Å²) in [7, 11) is 0. The average Bonchev–Trinajstić information content (AvgIpc) is 3.06. The van der Waals surface area contributed by atoms with Crippen molar-refractivity contribution >= 4 is 17.8 Å². The molecular weight excluding hydrogens is 330 g/mol. The van der Waals surface area contributed by atoms with Gasteiger partial charge in [0.2, 0.25) is 6.79 Å². The number of carbonyl (C=O) groups is 3. The maximum atomic E-state index is 12.4. The number of fused-ring (bicyclic) bond motifs is 1. The molecule has 0 saturated carbocycles. The number of nitrogens with one attached hydrogen (secondary N) is 1. The van der Waals surface area contributed by atoms with Gasteiger partial charge in [-0.3, -0.25) is 9.59 Å². The molecule has 0 spiro atoms. The molecule has 25 heavy (non-hydrogen) atoms. The first-order chi connectivity index (χ1) is 12.0. The summed E-state index contributed by atoms with van der Waals surface area (Å²) < 4.78 is 20.2. The van der Waals surface area contributed by atoms with E-state index in [0.29, 0.717) is 17.1 Å². The molecule has 8 heteroatoms. The predicted molar refractivity (Wildman–Crippen MR) is 86.3 cm³/mol. The lowest BCUT2D eigenvalue weighted by molar-refractivity contribution is -0.146. The second-order valence-corrected chi connectivity index (χ2v) is 5.19. The third kappa shape index (κ3) is 5.10. The molecule has 1 N–H and O–H groups in total. The van der Waals surface area contributed by atoms with E-state index < -0.39 is 23.9 Å². The number of amides is 1. The van der Waals surface area contributed by atoms with E-state index >= 15 is 0 Å². The van der Waals surface area contributed by atoms with Crippen LogP contribution in [0.1, 0.15) is 37.0 Å². The summed E-state index contributed by atoms with van der Waals surface area (Å²) in [5, 5.41) is 2.59. The van der Waals surface area contributed by atoms with Gasteiger partial charge in [0, 0.05) is 12.0 Å². The third-order valence-electron chi connectivity index (χ3n) is 3.45. The van der Waals surface area contributed by atoms with Crippen molar-refractivity contribution in [2.75, 3.05) is 20.0 Å². The van der Waals surface area contributed by atoms with Crippen molar-refractivity contribution < 1.29 is 33.3 Å². The van der Waals surface area contributed by atoms with Crippen LogP contribution >= 0.6 is 0 Å². The third-order valence-corrected chi connectivity index (χ3v) is 3.45. The number of hydrogen-bond donors (Lipinski definition) is 1. The molecule has 8 nitrogen and oxygen atoms in total. The van der Waals surface area contributed by atoms with Crippen LogP contribution in [0, 0.1) is 0 Å². The molecule has 1 amide bonds. The number of hydrogen-bond acceptors (Lipinski definition) is 7. The van der Waals surface area contributed by atoms with E-state index in [2.05, 4.69) is 5.32 Å². The summed E-state index contributed by atoms with van der Waals surface area (Å²) in [4.78, 5) is 35.9. The Bertz CT molecular complexity index is 644. The van der Waals surface area contributed by atoms with Gasteiger partial charge in [0.05, 0.1) is 13.2 Å². The topological polar surface area (TPSA) is 100 Å².